The van der Waals surface area contributed by atoms with Gasteiger partial charge < -0.3 is 19.7 Å². The van der Waals surface area contributed by atoms with Crippen LogP contribution < -0.4 is 0 Å². The zero-order valence-corrected chi connectivity index (χ0v) is 34.8. The third-order valence-corrected chi connectivity index (χ3v) is 12.0. The van der Waals surface area contributed by atoms with Crippen LogP contribution in [0.2, 0.25) is 0 Å². The number of hydrogen-bond acceptors (Lipinski definition) is 5. The number of carboxylic acid groups (broad SMARTS) is 2. The summed E-state index contributed by atoms with van der Waals surface area (Å²) in [5, 5.41) is 19.5. The van der Waals surface area contributed by atoms with Crippen molar-refractivity contribution in [3.05, 3.63) is 34.9 Å². The Morgan fingerprint density at radius 1 is 0.574 bits per heavy atom. The molecule has 310 valence electrons. The molecule has 0 spiro atoms. The number of carbonyl (C=O) groups excluding carboxylic acids is 1. The predicted molar refractivity (Wildman–Crippen MR) is 222 cm³/mol. The van der Waals surface area contributed by atoms with Crippen molar-refractivity contribution < 1.29 is 34.1 Å². The van der Waals surface area contributed by atoms with Crippen molar-refractivity contribution >= 4 is 17.9 Å². The minimum atomic E-state index is -1.01. The number of carbonyl (C=O) groups is 3. The summed E-state index contributed by atoms with van der Waals surface area (Å²) < 4.78 is 10.2. The van der Waals surface area contributed by atoms with Crippen molar-refractivity contribution in [2.75, 3.05) is 19.8 Å². The molecule has 7 nitrogen and oxygen atoms in total. The molecule has 0 bridgehead atoms. The summed E-state index contributed by atoms with van der Waals surface area (Å²) in [6, 6.07) is 0. The molecule has 54 heavy (non-hydrogen) atoms. The van der Waals surface area contributed by atoms with E-state index < -0.39 is 17.9 Å². The first-order chi connectivity index (χ1) is 26.3. The van der Waals surface area contributed by atoms with Gasteiger partial charge in [0, 0.05) is 23.3 Å². The Balaban J connectivity index is 0.000000451. The zero-order valence-electron chi connectivity index (χ0n) is 34.8. The van der Waals surface area contributed by atoms with Crippen LogP contribution >= 0.6 is 0 Å². The quantitative estimate of drug-likeness (QED) is 0.103. The molecule has 0 aromatic carbocycles. The Kier molecular flexibility index (Phi) is 27.2. The first-order valence-corrected chi connectivity index (χ1v) is 22.6. The van der Waals surface area contributed by atoms with Crippen LogP contribution in [0.5, 0.6) is 0 Å². The average Bonchev–Trinajstić information content (AvgIpc) is 3.17. The van der Waals surface area contributed by atoms with Gasteiger partial charge in [-0.25, -0.2) is 14.4 Å². The summed E-state index contributed by atoms with van der Waals surface area (Å²) in [6.45, 7) is 8.30. The van der Waals surface area contributed by atoms with E-state index in [0.29, 0.717) is 31.0 Å². The molecule has 0 amide bonds. The Labute approximate surface area is 330 Å². The Hall–Kier alpha value is -2.41. The van der Waals surface area contributed by atoms with E-state index in [1.807, 2.05) is 0 Å². The van der Waals surface area contributed by atoms with Gasteiger partial charge in [-0.3, -0.25) is 0 Å². The number of carboxylic acids is 2. The fourth-order valence-corrected chi connectivity index (χ4v) is 8.74. The lowest BCUT2D eigenvalue weighted by atomic mass is 9.71. The van der Waals surface area contributed by atoms with Crippen LogP contribution in [0.1, 0.15) is 206 Å². The summed E-state index contributed by atoms with van der Waals surface area (Å²) in [5.74, 6) is -0.716. The number of hydrogen-bond donors (Lipinski definition) is 2. The first kappa shape index (κ1) is 47.7. The molecule has 0 heterocycles. The molecule has 0 aromatic heterocycles. The largest absolute Gasteiger partial charge is 0.478 e. The van der Waals surface area contributed by atoms with E-state index in [1.165, 1.54) is 179 Å². The van der Waals surface area contributed by atoms with Gasteiger partial charge in [-0.15, -0.1) is 0 Å². The lowest BCUT2D eigenvalue weighted by Gasteiger charge is -2.34. The monoisotopic (exact) mass is 757 g/mol. The van der Waals surface area contributed by atoms with Gasteiger partial charge in [-0.2, -0.15) is 0 Å². The summed E-state index contributed by atoms with van der Waals surface area (Å²) >= 11 is 0. The van der Waals surface area contributed by atoms with Crippen LogP contribution in [-0.2, 0) is 23.9 Å². The summed E-state index contributed by atoms with van der Waals surface area (Å²) in [4.78, 5) is 35.2. The number of rotatable bonds is 14. The first-order valence-electron chi connectivity index (χ1n) is 22.6. The second kappa shape index (κ2) is 30.8. The third-order valence-electron chi connectivity index (χ3n) is 12.0. The molecule has 2 N–H and O–H groups in total. The molecule has 0 aromatic rings. The highest BCUT2D eigenvalue weighted by atomic mass is 16.6. The second-order valence-corrected chi connectivity index (χ2v) is 16.5. The fraction of sp³-hybridized carbons (Fsp3) is 0.809. The van der Waals surface area contributed by atoms with Crippen molar-refractivity contribution in [3.8, 4) is 0 Å². The highest BCUT2D eigenvalue weighted by molar-refractivity contribution is 5.89. The minimum Gasteiger partial charge on any atom is -0.478 e. The van der Waals surface area contributed by atoms with Gasteiger partial charge in [0.25, 0.3) is 0 Å². The van der Waals surface area contributed by atoms with E-state index in [0.717, 1.165) is 31.3 Å². The molecular formula is C47H80O7. The fourth-order valence-electron chi connectivity index (χ4n) is 8.74. The van der Waals surface area contributed by atoms with Crippen LogP contribution in [-0.4, -0.2) is 47.9 Å². The molecule has 0 atom stereocenters. The molecule has 3 fully saturated rings. The van der Waals surface area contributed by atoms with Crippen molar-refractivity contribution in [2.45, 2.75) is 206 Å². The highest BCUT2D eigenvalue weighted by Crippen LogP contribution is 2.42. The van der Waals surface area contributed by atoms with E-state index in [2.05, 4.69) is 13.5 Å². The van der Waals surface area contributed by atoms with E-state index in [4.69, 9.17) is 14.6 Å². The standard InChI is InChI=1S/C33H58O2.C14H22O5/c34-33(35)32(30-26-20-14-8-3-9-15-21-27-30)31(28-22-16-10-4-1-5-11-17-23-28)29-24-18-12-6-2-7-13-19-25-29;1-4-5-8-18-9-10-19-14(17)12(3)7-6-11(2)13(15)16/h28-30H,1-27H2,(H,34,35);6H,3-5,7-10H2,1-2H3,(H,15,16). The van der Waals surface area contributed by atoms with Gasteiger partial charge in [-0.1, -0.05) is 166 Å². The van der Waals surface area contributed by atoms with E-state index in [-0.39, 0.29) is 24.2 Å². The van der Waals surface area contributed by atoms with E-state index >= 15 is 0 Å². The predicted octanol–water partition coefficient (Wildman–Crippen LogP) is 13.1. The molecule has 3 aliphatic rings. The van der Waals surface area contributed by atoms with Gasteiger partial charge >= 0.3 is 17.9 Å². The van der Waals surface area contributed by atoms with Gasteiger partial charge in [0.05, 0.1) is 6.61 Å². The van der Waals surface area contributed by atoms with Crippen molar-refractivity contribution in [1.29, 1.82) is 0 Å². The number of esters is 1. The topological polar surface area (TPSA) is 110 Å². The van der Waals surface area contributed by atoms with Gasteiger partial charge in [0.2, 0.25) is 0 Å². The molecule has 7 heteroatoms. The van der Waals surface area contributed by atoms with Crippen LogP contribution in [0.3, 0.4) is 0 Å². The molecule has 3 saturated carbocycles. The van der Waals surface area contributed by atoms with Gasteiger partial charge in [0.1, 0.15) is 6.61 Å². The number of ether oxygens (including phenoxy) is 2. The molecular weight excluding hydrogens is 677 g/mol. The maximum atomic E-state index is 13.2. The normalized spacial score (nSPS) is 20.0. The third kappa shape index (κ3) is 21.0. The highest BCUT2D eigenvalue weighted by Gasteiger charge is 2.32. The second-order valence-electron chi connectivity index (χ2n) is 16.5. The number of allylic oxidation sites excluding steroid dienone is 2. The molecule has 0 unspecified atom stereocenters. The smallest absolute Gasteiger partial charge is 0.333 e. The van der Waals surface area contributed by atoms with Gasteiger partial charge in [0.15, 0.2) is 0 Å². The van der Waals surface area contributed by atoms with Gasteiger partial charge in [-0.05, 0) is 76.0 Å². The Morgan fingerprint density at radius 3 is 1.33 bits per heavy atom. The maximum absolute atomic E-state index is 13.2. The Bertz CT molecular complexity index is 1060. The lowest BCUT2D eigenvalue weighted by molar-refractivity contribution is -0.140. The van der Waals surface area contributed by atoms with E-state index in [9.17, 15) is 19.5 Å². The van der Waals surface area contributed by atoms with Crippen LogP contribution in [0.15, 0.2) is 34.9 Å². The number of unbranched alkanes of at least 4 members (excludes halogenated alkanes) is 1. The van der Waals surface area contributed by atoms with Crippen molar-refractivity contribution in [2.24, 2.45) is 17.8 Å². The molecule has 0 aliphatic heterocycles. The lowest BCUT2D eigenvalue weighted by Crippen LogP contribution is -2.25. The van der Waals surface area contributed by atoms with Crippen molar-refractivity contribution in [1.82, 2.24) is 0 Å². The summed E-state index contributed by atoms with van der Waals surface area (Å²) in [7, 11) is 0. The minimum absolute atomic E-state index is 0.174. The average molecular weight is 757 g/mol. The maximum Gasteiger partial charge on any atom is 0.333 e. The Morgan fingerprint density at radius 2 is 0.963 bits per heavy atom. The SMILES string of the molecule is C=C(CC=C(C)C(=O)O)C(=O)OCCOCCCC.O=C(O)C(=C(C1CCCCCCCCC1)C1CCCCCCCCC1)C1CCCCCCCCC1. The van der Waals surface area contributed by atoms with Crippen LogP contribution in [0.25, 0.3) is 0 Å². The summed E-state index contributed by atoms with van der Waals surface area (Å²) in [6.07, 6.45) is 38.9. The summed E-state index contributed by atoms with van der Waals surface area (Å²) in [5.41, 5.74) is 2.83. The zero-order chi connectivity index (χ0) is 39.2. The molecule has 0 saturated heterocycles. The van der Waals surface area contributed by atoms with Crippen molar-refractivity contribution in [3.63, 3.8) is 0 Å². The molecule has 0 radical (unpaired) electrons. The number of aliphatic carboxylic acids is 2. The molecule has 3 aliphatic carbocycles. The van der Waals surface area contributed by atoms with E-state index in [1.54, 1.807) is 0 Å². The molecule has 3 rings (SSSR count). The van der Waals surface area contributed by atoms with Crippen LogP contribution in [0.4, 0.5) is 0 Å². The van der Waals surface area contributed by atoms with Crippen LogP contribution in [0, 0.1) is 17.8 Å².